The van der Waals surface area contributed by atoms with Crippen LogP contribution in [0.3, 0.4) is 0 Å². The van der Waals surface area contributed by atoms with Crippen LogP contribution in [0.4, 0.5) is 5.69 Å². The molecule has 1 aromatic heterocycles. The molecule has 2 unspecified atom stereocenters. The van der Waals surface area contributed by atoms with Crippen molar-refractivity contribution in [1.82, 2.24) is 10.3 Å². The summed E-state index contributed by atoms with van der Waals surface area (Å²) < 4.78 is 24.0. The molecule has 2 aromatic rings. The van der Waals surface area contributed by atoms with E-state index in [1.54, 1.807) is 18.2 Å². The number of carbonyl (C=O) groups excluding carboxylic acids is 1. The van der Waals surface area contributed by atoms with Crippen molar-refractivity contribution in [3.8, 4) is 0 Å². The molecule has 3 rings (SSSR count). The number of benzene rings is 1. The molecule has 30 heavy (non-hydrogen) atoms. The van der Waals surface area contributed by atoms with E-state index in [1.807, 2.05) is 0 Å². The summed E-state index contributed by atoms with van der Waals surface area (Å²) in [6.07, 6.45) is 3.59. The number of carbonyl (C=O) groups is 2. The van der Waals surface area contributed by atoms with Gasteiger partial charge >= 0.3 is 5.97 Å². The van der Waals surface area contributed by atoms with Gasteiger partial charge in [-0.25, -0.2) is 8.42 Å². The normalized spacial score (nSPS) is 19.3. The molecule has 1 aromatic carbocycles. The molecule has 0 saturated carbocycles. The number of halogens is 1. The Hall–Kier alpha value is -2.49. The Kier molecular flexibility index (Phi) is 6.74. The zero-order valence-electron chi connectivity index (χ0n) is 16.3. The molecule has 0 spiro atoms. The number of nitrogens with zero attached hydrogens (tertiary/aromatic N) is 1. The summed E-state index contributed by atoms with van der Waals surface area (Å²) >= 11 is 5.96. The van der Waals surface area contributed by atoms with Crippen LogP contribution in [0, 0.1) is 5.92 Å². The molecule has 2 heterocycles. The number of aromatic nitrogens is 1. The third kappa shape index (κ3) is 5.56. The predicted molar refractivity (Wildman–Crippen MR) is 112 cm³/mol. The van der Waals surface area contributed by atoms with Crippen molar-refractivity contribution in [2.45, 2.75) is 30.2 Å². The lowest BCUT2D eigenvalue weighted by atomic mass is 9.88. The zero-order valence-corrected chi connectivity index (χ0v) is 17.8. The number of amides is 1. The minimum Gasteiger partial charge on any atom is -0.481 e. The van der Waals surface area contributed by atoms with Crippen molar-refractivity contribution in [2.24, 2.45) is 5.92 Å². The van der Waals surface area contributed by atoms with Crippen LogP contribution in [0.25, 0.3) is 0 Å². The number of rotatable bonds is 6. The van der Waals surface area contributed by atoms with Gasteiger partial charge in [0.15, 0.2) is 9.84 Å². The largest absolute Gasteiger partial charge is 0.481 e. The van der Waals surface area contributed by atoms with Crippen LogP contribution < -0.4 is 10.6 Å². The van der Waals surface area contributed by atoms with Crippen molar-refractivity contribution in [3.63, 3.8) is 0 Å². The Labute approximate surface area is 179 Å². The van der Waals surface area contributed by atoms with Gasteiger partial charge in [0, 0.05) is 29.5 Å². The highest BCUT2D eigenvalue weighted by Crippen LogP contribution is 2.33. The molecule has 0 radical (unpaired) electrons. The first kappa shape index (κ1) is 22.2. The third-order valence-corrected chi connectivity index (χ3v) is 6.28. The van der Waals surface area contributed by atoms with Gasteiger partial charge in [0.05, 0.1) is 22.3 Å². The molecule has 8 nitrogen and oxygen atoms in total. The number of hydrogen-bond donors (Lipinski definition) is 3. The highest BCUT2D eigenvalue weighted by atomic mass is 35.5. The van der Waals surface area contributed by atoms with Crippen LogP contribution >= 0.6 is 11.6 Å². The first-order valence-electron chi connectivity index (χ1n) is 9.35. The SMILES string of the molecule is CS(=O)(=O)c1cnc(C2CC(CC(=O)O)CCN2)c(NC(=O)c2cccc(Cl)c2)c1. The molecule has 0 bridgehead atoms. The highest BCUT2D eigenvalue weighted by molar-refractivity contribution is 7.90. The average Bonchev–Trinajstić information content (AvgIpc) is 2.67. The van der Waals surface area contributed by atoms with E-state index in [-0.39, 0.29) is 29.0 Å². The predicted octanol–water partition coefficient (Wildman–Crippen LogP) is 2.91. The lowest BCUT2D eigenvalue weighted by Crippen LogP contribution is -2.34. The van der Waals surface area contributed by atoms with Gasteiger partial charge in [-0.1, -0.05) is 17.7 Å². The maximum Gasteiger partial charge on any atom is 0.303 e. The summed E-state index contributed by atoms with van der Waals surface area (Å²) in [6, 6.07) is 7.45. The first-order chi connectivity index (χ1) is 14.1. The number of hydrogen-bond acceptors (Lipinski definition) is 6. The Morgan fingerprint density at radius 1 is 1.33 bits per heavy atom. The monoisotopic (exact) mass is 451 g/mol. The zero-order chi connectivity index (χ0) is 21.9. The summed E-state index contributed by atoms with van der Waals surface area (Å²) in [5.41, 5.74) is 1.04. The summed E-state index contributed by atoms with van der Waals surface area (Å²) in [4.78, 5) is 28.1. The van der Waals surface area contributed by atoms with Crippen LogP contribution in [0.15, 0.2) is 41.4 Å². The molecule has 1 aliphatic heterocycles. The summed E-state index contributed by atoms with van der Waals surface area (Å²) in [5, 5.41) is 15.5. The van der Waals surface area contributed by atoms with Gasteiger partial charge in [-0.3, -0.25) is 14.6 Å². The number of pyridine rings is 1. The van der Waals surface area contributed by atoms with E-state index < -0.39 is 21.7 Å². The van der Waals surface area contributed by atoms with Crippen LogP contribution in [-0.2, 0) is 14.6 Å². The molecule has 10 heteroatoms. The van der Waals surface area contributed by atoms with Gasteiger partial charge in [-0.05, 0) is 49.6 Å². The van der Waals surface area contributed by atoms with Crippen LogP contribution in [0.5, 0.6) is 0 Å². The number of carboxylic acids is 1. The molecular formula is C20H22ClN3O5S. The van der Waals surface area contributed by atoms with Gasteiger partial charge in [0.1, 0.15) is 0 Å². The second kappa shape index (κ2) is 9.11. The average molecular weight is 452 g/mol. The van der Waals surface area contributed by atoms with E-state index >= 15 is 0 Å². The fourth-order valence-corrected chi connectivity index (χ4v) is 4.26. The van der Waals surface area contributed by atoms with E-state index in [1.165, 1.54) is 18.3 Å². The fourth-order valence-electron chi connectivity index (χ4n) is 3.50. The highest BCUT2D eigenvalue weighted by Gasteiger charge is 2.28. The van der Waals surface area contributed by atoms with Crippen molar-refractivity contribution >= 4 is 39.0 Å². The lowest BCUT2D eigenvalue weighted by Gasteiger charge is -2.30. The second-order valence-corrected chi connectivity index (χ2v) is 9.79. The maximum absolute atomic E-state index is 12.7. The van der Waals surface area contributed by atoms with Gasteiger partial charge in [0.25, 0.3) is 5.91 Å². The van der Waals surface area contributed by atoms with Crippen LogP contribution in [0.2, 0.25) is 5.02 Å². The van der Waals surface area contributed by atoms with E-state index in [2.05, 4.69) is 15.6 Å². The summed E-state index contributed by atoms with van der Waals surface area (Å²) in [7, 11) is -3.54. The number of sulfone groups is 1. The minimum atomic E-state index is -3.54. The molecule has 2 atom stereocenters. The molecule has 1 saturated heterocycles. The van der Waals surface area contributed by atoms with Gasteiger partial charge in [-0.15, -0.1) is 0 Å². The smallest absolute Gasteiger partial charge is 0.303 e. The Bertz CT molecular complexity index is 1070. The molecule has 1 fully saturated rings. The number of nitrogens with one attached hydrogen (secondary N) is 2. The summed E-state index contributed by atoms with van der Waals surface area (Å²) in [6.45, 7) is 0.597. The Morgan fingerprint density at radius 2 is 2.10 bits per heavy atom. The maximum atomic E-state index is 12.7. The van der Waals surface area contributed by atoms with Gasteiger partial charge in [-0.2, -0.15) is 0 Å². The Balaban J connectivity index is 1.94. The third-order valence-electron chi connectivity index (χ3n) is 4.96. The van der Waals surface area contributed by atoms with Crippen LogP contribution in [-0.4, -0.2) is 43.2 Å². The second-order valence-electron chi connectivity index (χ2n) is 7.34. The van der Waals surface area contributed by atoms with E-state index in [0.717, 1.165) is 6.26 Å². The van der Waals surface area contributed by atoms with Crippen molar-refractivity contribution in [2.75, 3.05) is 18.1 Å². The van der Waals surface area contributed by atoms with Crippen LogP contribution in [0.1, 0.15) is 41.4 Å². The molecule has 0 aliphatic carbocycles. The number of carboxylic acid groups (broad SMARTS) is 1. The number of anilines is 1. The molecule has 1 amide bonds. The summed E-state index contributed by atoms with van der Waals surface area (Å²) in [5.74, 6) is -1.36. The van der Waals surface area contributed by atoms with E-state index in [4.69, 9.17) is 16.7 Å². The molecule has 160 valence electrons. The standard InChI is InChI=1S/C20H22ClN3O5S/c1-30(28,29)15-10-17(24-20(27)13-3-2-4-14(21)9-13)19(23-11-15)16-7-12(5-6-22-16)8-18(25)26/h2-4,9-12,16,22H,5-8H2,1H3,(H,24,27)(H,25,26). The fraction of sp³-hybridized carbons (Fsp3) is 0.350. The van der Waals surface area contributed by atoms with E-state index in [0.29, 0.717) is 35.7 Å². The van der Waals surface area contributed by atoms with Crippen molar-refractivity contribution < 1.29 is 23.1 Å². The molecular weight excluding hydrogens is 430 g/mol. The van der Waals surface area contributed by atoms with Gasteiger partial charge < -0.3 is 15.7 Å². The van der Waals surface area contributed by atoms with Crippen molar-refractivity contribution in [1.29, 1.82) is 0 Å². The lowest BCUT2D eigenvalue weighted by molar-refractivity contribution is -0.138. The minimum absolute atomic E-state index is 0.0226. The van der Waals surface area contributed by atoms with Gasteiger partial charge in [0.2, 0.25) is 0 Å². The number of piperidine rings is 1. The quantitative estimate of drug-likeness (QED) is 0.616. The number of aliphatic carboxylic acids is 1. The molecule has 1 aliphatic rings. The Morgan fingerprint density at radius 3 is 2.77 bits per heavy atom. The molecule has 3 N–H and O–H groups in total. The topological polar surface area (TPSA) is 125 Å². The first-order valence-corrected chi connectivity index (χ1v) is 11.6. The van der Waals surface area contributed by atoms with Crippen molar-refractivity contribution in [3.05, 3.63) is 52.8 Å². The van der Waals surface area contributed by atoms with E-state index in [9.17, 15) is 18.0 Å².